The maximum atomic E-state index is 14.5. The van der Waals surface area contributed by atoms with Gasteiger partial charge in [0.2, 0.25) is 11.8 Å². The van der Waals surface area contributed by atoms with Gasteiger partial charge in [0.25, 0.3) is 0 Å². The van der Waals surface area contributed by atoms with E-state index in [9.17, 15) is 24.0 Å². The predicted octanol–water partition coefficient (Wildman–Crippen LogP) is 7.44. The van der Waals surface area contributed by atoms with Gasteiger partial charge in [-0.3, -0.25) is 19.3 Å². The molecule has 0 spiro atoms. The summed E-state index contributed by atoms with van der Waals surface area (Å²) in [5, 5.41) is 0.506. The van der Waals surface area contributed by atoms with E-state index in [1.165, 1.54) is 42.5 Å². The lowest BCUT2D eigenvalue weighted by Gasteiger charge is -2.45. The minimum Gasteiger partial charge on any atom is -0.456 e. The molecule has 8 nitrogen and oxygen atoms in total. The van der Waals surface area contributed by atoms with Gasteiger partial charge in [0.1, 0.15) is 11.8 Å². The van der Waals surface area contributed by atoms with Crippen molar-refractivity contribution < 1.29 is 33.4 Å². The normalized spacial score (nSPS) is 20.1. The number of carbonyl (C=O) groups is 5. The number of esters is 2. The van der Waals surface area contributed by atoms with Crippen molar-refractivity contribution in [3.63, 3.8) is 0 Å². The van der Waals surface area contributed by atoms with E-state index >= 15 is 0 Å². The highest BCUT2D eigenvalue weighted by Gasteiger charge is 2.63. The summed E-state index contributed by atoms with van der Waals surface area (Å²) >= 11 is 11.9. The molecule has 1 aliphatic heterocycles. The summed E-state index contributed by atoms with van der Waals surface area (Å²) in [7, 11) is 0. The van der Waals surface area contributed by atoms with Gasteiger partial charge in [0.05, 0.1) is 27.4 Å². The van der Waals surface area contributed by atoms with Crippen LogP contribution in [0.2, 0.25) is 10.0 Å². The van der Waals surface area contributed by atoms with Crippen LogP contribution in [0.25, 0.3) is 0 Å². The van der Waals surface area contributed by atoms with Crippen LogP contribution in [-0.2, 0) is 25.5 Å². The Morgan fingerprint density at radius 1 is 0.635 bits per heavy atom. The number of Topliss-reactive ketones (excluding diaryl/α,β-unsaturated/α-hetero) is 1. The molecule has 1 saturated heterocycles. The fourth-order valence-corrected chi connectivity index (χ4v) is 8.24. The van der Waals surface area contributed by atoms with E-state index in [4.69, 9.17) is 32.7 Å². The van der Waals surface area contributed by atoms with E-state index in [-0.39, 0.29) is 40.2 Å². The van der Waals surface area contributed by atoms with Crippen molar-refractivity contribution in [1.29, 1.82) is 0 Å². The number of likely N-dealkylation sites (tertiary alicyclic amines) is 1. The summed E-state index contributed by atoms with van der Waals surface area (Å²) in [5.41, 5.74) is 5.23. The fraction of sp³-hybridized carbons (Fsp3) is 0.167. The van der Waals surface area contributed by atoms with Crippen LogP contribution >= 0.6 is 23.2 Å². The molecule has 3 aliphatic carbocycles. The maximum absolute atomic E-state index is 14.5. The highest BCUT2D eigenvalue weighted by Crippen LogP contribution is 2.61. The van der Waals surface area contributed by atoms with Crippen LogP contribution < -0.4 is 4.74 Å². The van der Waals surface area contributed by atoms with Gasteiger partial charge in [0, 0.05) is 23.8 Å². The number of amides is 2. The monoisotopic (exact) mass is 729 g/mol. The molecule has 1 fully saturated rings. The lowest BCUT2D eigenvalue weighted by molar-refractivity contribution is -0.158. The summed E-state index contributed by atoms with van der Waals surface area (Å²) < 4.78 is 11.0. The molecule has 0 aromatic heterocycles. The second-order valence-corrected chi connectivity index (χ2v) is 13.9. The largest absolute Gasteiger partial charge is 0.456 e. The number of benzene rings is 5. The maximum Gasteiger partial charge on any atom is 0.343 e. The minimum absolute atomic E-state index is 0.0267. The highest BCUT2D eigenvalue weighted by atomic mass is 35.5. The molecule has 3 unspecified atom stereocenters. The molecule has 3 atom stereocenters. The van der Waals surface area contributed by atoms with E-state index in [2.05, 4.69) is 0 Å². The van der Waals surface area contributed by atoms with E-state index in [0.29, 0.717) is 5.02 Å². The quantitative estimate of drug-likeness (QED) is 0.0672. The summed E-state index contributed by atoms with van der Waals surface area (Å²) in [5.74, 6) is -4.68. The molecule has 1 heterocycles. The Balaban J connectivity index is 1.01. The molecular weight excluding hydrogens is 701 g/mol. The van der Waals surface area contributed by atoms with Crippen molar-refractivity contribution in [2.24, 2.45) is 11.8 Å². The molecule has 10 heteroatoms. The van der Waals surface area contributed by atoms with Crippen molar-refractivity contribution in [3.8, 4) is 5.75 Å². The second kappa shape index (κ2) is 13.5. The van der Waals surface area contributed by atoms with E-state index in [1.54, 1.807) is 0 Å². The zero-order valence-electron chi connectivity index (χ0n) is 27.4. The van der Waals surface area contributed by atoms with E-state index in [1.807, 2.05) is 78.9 Å². The molecule has 0 N–H and O–H groups in total. The molecular formula is C42H29Cl2NO7. The average Bonchev–Trinajstić information content (AvgIpc) is 3.43. The fourth-order valence-electron chi connectivity index (χ4n) is 7.94. The zero-order chi connectivity index (χ0) is 36.1. The van der Waals surface area contributed by atoms with Crippen LogP contribution in [0.5, 0.6) is 5.75 Å². The third-order valence-electron chi connectivity index (χ3n) is 10.2. The number of ketones is 1. The Bertz CT molecular complexity index is 2160. The van der Waals surface area contributed by atoms with E-state index < -0.39 is 54.0 Å². The van der Waals surface area contributed by atoms with Crippen molar-refractivity contribution in [3.05, 3.63) is 170 Å². The number of rotatable bonds is 9. The predicted molar refractivity (Wildman–Crippen MR) is 192 cm³/mol. The summed E-state index contributed by atoms with van der Waals surface area (Å²) in [6.45, 7) is -0.627. The summed E-state index contributed by atoms with van der Waals surface area (Å²) in [6, 6.07) is 33.8. The van der Waals surface area contributed by atoms with Gasteiger partial charge >= 0.3 is 11.9 Å². The van der Waals surface area contributed by atoms with Crippen LogP contribution in [0.4, 0.5) is 0 Å². The van der Waals surface area contributed by atoms with Gasteiger partial charge in [-0.15, -0.1) is 0 Å². The molecule has 5 aromatic rings. The van der Waals surface area contributed by atoms with Gasteiger partial charge in [-0.25, -0.2) is 9.59 Å². The number of halogens is 2. The van der Waals surface area contributed by atoms with E-state index in [0.717, 1.165) is 32.7 Å². The Kier molecular flexibility index (Phi) is 8.73. The molecule has 2 amide bonds. The Morgan fingerprint density at radius 3 is 1.69 bits per heavy atom. The third-order valence-corrected chi connectivity index (χ3v) is 11.0. The average molecular weight is 731 g/mol. The molecule has 0 saturated carbocycles. The van der Waals surface area contributed by atoms with Crippen LogP contribution in [0, 0.1) is 11.8 Å². The van der Waals surface area contributed by atoms with Gasteiger partial charge in [-0.2, -0.15) is 0 Å². The van der Waals surface area contributed by atoms with Gasteiger partial charge in [0.15, 0.2) is 12.4 Å². The first-order chi connectivity index (χ1) is 25.2. The second-order valence-electron chi connectivity index (χ2n) is 13.1. The van der Waals surface area contributed by atoms with Crippen LogP contribution in [0.1, 0.15) is 60.4 Å². The standard InChI is InChI=1S/C42H29Cl2NO7/c43-31-19-16-25(21-32(31)44)41(49)52-26-17-14-24(15-18-26)34(46)22-51-42(50)33(20-23-8-2-1-3-9-23)45-39(47)37-35-27-10-4-5-11-28(27)36(38(37)40(45)48)30-13-7-6-12-29(30)35/h1-19,21,33,35-38H,20,22H2. The summed E-state index contributed by atoms with van der Waals surface area (Å²) in [4.78, 5) is 69.7. The Labute approximate surface area is 308 Å². The number of hydrogen-bond donors (Lipinski definition) is 0. The lowest BCUT2D eigenvalue weighted by atomic mass is 9.55. The lowest BCUT2D eigenvalue weighted by Crippen LogP contribution is -2.48. The first-order valence-electron chi connectivity index (χ1n) is 16.8. The van der Waals surface area contributed by atoms with Crippen molar-refractivity contribution in [1.82, 2.24) is 4.90 Å². The molecule has 0 radical (unpaired) electrons. The van der Waals surface area contributed by atoms with Crippen LogP contribution in [0.3, 0.4) is 0 Å². The van der Waals surface area contributed by atoms with Gasteiger partial charge in [-0.05, 0) is 70.3 Å². The topological polar surface area (TPSA) is 107 Å². The van der Waals surface area contributed by atoms with Crippen molar-refractivity contribution in [2.45, 2.75) is 24.3 Å². The first-order valence-corrected chi connectivity index (χ1v) is 17.5. The number of nitrogens with zero attached hydrogens (tertiary/aromatic N) is 1. The zero-order valence-corrected chi connectivity index (χ0v) is 28.9. The molecule has 258 valence electrons. The Hall–Kier alpha value is -5.57. The Morgan fingerprint density at radius 2 is 1.15 bits per heavy atom. The highest BCUT2D eigenvalue weighted by molar-refractivity contribution is 6.42. The molecule has 9 rings (SSSR count). The third kappa shape index (κ3) is 5.78. The van der Waals surface area contributed by atoms with Crippen LogP contribution in [-0.4, -0.2) is 47.1 Å². The summed E-state index contributed by atoms with van der Waals surface area (Å²) in [6.07, 6.45) is 0.0267. The number of imide groups is 1. The minimum atomic E-state index is -1.28. The number of ether oxygens (including phenoxy) is 2. The van der Waals surface area contributed by atoms with Crippen LogP contribution in [0.15, 0.2) is 121 Å². The smallest absolute Gasteiger partial charge is 0.343 e. The van der Waals surface area contributed by atoms with Gasteiger partial charge < -0.3 is 9.47 Å². The van der Waals surface area contributed by atoms with Gasteiger partial charge in [-0.1, -0.05) is 102 Å². The SMILES string of the molecule is O=C(COC(=O)C(Cc1ccccc1)N1C(=O)C2C3c4ccccc4C(c4ccccc43)C2C1=O)c1ccc(OC(=O)c2ccc(Cl)c(Cl)c2)cc1. The van der Waals surface area contributed by atoms with Crippen molar-refractivity contribution >= 4 is 52.7 Å². The molecule has 52 heavy (non-hydrogen) atoms. The van der Waals surface area contributed by atoms with Crippen molar-refractivity contribution in [2.75, 3.05) is 6.61 Å². The first kappa shape index (κ1) is 33.6. The number of hydrogen-bond acceptors (Lipinski definition) is 7. The molecule has 4 aliphatic rings. The molecule has 2 bridgehead atoms. The molecule has 5 aromatic carbocycles. The number of carbonyl (C=O) groups excluding carboxylic acids is 5.